The maximum atomic E-state index is 12.3. The zero-order valence-corrected chi connectivity index (χ0v) is 12.6. The van der Waals surface area contributed by atoms with Crippen LogP contribution >= 0.6 is 0 Å². The smallest absolute Gasteiger partial charge is 0.236 e. The summed E-state index contributed by atoms with van der Waals surface area (Å²) in [5.41, 5.74) is 2.89. The highest BCUT2D eigenvalue weighted by Gasteiger charge is 2.23. The minimum Gasteiger partial charge on any atom is -0.313 e. The van der Waals surface area contributed by atoms with Gasteiger partial charge in [-0.3, -0.25) is 4.31 Å². The Bertz CT molecular complexity index is 551. The molecular weight excluding hydrogens is 260 g/mol. The lowest BCUT2D eigenvalue weighted by Gasteiger charge is -2.21. The average Bonchev–Trinajstić information content (AvgIpc) is 3.12. The van der Waals surface area contributed by atoms with Crippen molar-refractivity contribution in [3.8, 4) is 0 Å². The van der Waals surface area contributed by atoms with Crippen LogP contribution in [0.4, 0.5) is 5.69 Å². The number of nitrogens with one attached hydrogen (secondary N) is 1. The van der Waals surface area contributed by atoms with E-state index in [0.717, 1.165) is 16.8 Å². The topological polar surface area (TPSA) is 49.4 Å². The molecule has 19 heavy (non-hydrogen) atoms. The Morgan fingerprint density at radius 3 is 2.58 bits per heavy atom. The Hall–Kier alpha value is -1.07. The van der Waals surface area contributed by atoms with E-state index in [1.807, 2.05) is 32.0 Å². The molecule has 106 valence electrons. The van der Waals surface area contributed by atoms with Crippen LogP contribution in [0.15, 0.2) is 18.2 Å². The lowest BCUT2D eigenvalue weighted by molar-refractivity contribution is 0.589. The molecule has 0 bridgehead atoms. The quantitative estimate of drug-likeness (QED) is 0.866. The molecule has 1 aliphatic carbocycles. The van der Waals surface area contributed by atoms with Gasteiger partial charge in [-0.25, -0.2) is 8.42 Å². The van der Waals surface area contributed by atoms with Gasteiger partial charge in [0.2, 0.25) is 10.0 Å². The van der Waals surface area contributed by atoms with Crippen LogP contribution in [0.5, 0.6) is 0 Å². The van der Waals surface area contributed by atoms with Crippen molar-refractivity contribution in [3.63, 3.8) is 0 Å². The molecule has 0 radical (unpaired) electrons. The normalized spacial score (nSPS) is 15.5. The Labute approximate surface area is 115 Å². The third-order valence-corrected chi connectivity index (χ3v) is 5.23. The van der Waals surface area contributed by atoms with Gasteiger partial charge in [-0.15, -0.1) is 0 Å². The van der Waals surface area contributed by atoms with Gasteiger partial charge in [0.15, 0.2) is 0 Å². The molecule has 0 unspecified atom stereocenters. The van der Waals surface area contributed by atoms with Crippen molar-refractivity contribution >= 4 is 15.7 Å². The van der Waals surface area contributed by atoms with Gasteiger partial charge < -0.3 is 5.32 Å². The lowest BCUT2D eigenvalue weighted by atomic mass is 10.1. The fourth-order valence-corrected chi connectivity index (χ4v) is 3.28. The summed E-state index contributed by atoms with van der Waals surface area (Å²) in [6, 6.07) is 6.36. The molecule has 0 aromatic heterocycles. The molecule has 2 rings (SSSR count). The Morgan fingerprint density at radius 1 is 1.32 bits per heavy atom. The van der Waals surface area contributed by atoms with Gasteiger partial charge in [0.25, 0.3) is 0 Å². The predicted octanol–water partition coefficient (Wildman–Crippen LogP) is 1.82. The summed E-state index contributed by atoms with van der Waals surface area (Å²) >= 11 is 0. The number of sulfonamides is 1. The molecule has 0 aliphatic heterocycles. The Morgan fingerprint density at radius 2 is 2.00 bits per heavy atom. The summed E-state index contributed by atoms with van der Waals surface area (Å²) in [6.45, 7) is 4.48. The second-order valence-corrected chi connectivity index (χ2v) is 7.42. The first-order valence-corrected chi connectivity index (χ1v) is 8.28. The van der Waals surface area contributed by atoms with Gasteiger partial charge in [-0.05, 0) is 38.3 Å². The van der Waals surface area contributed by atoms with Crippen molar-refractivity contribution in [1.82, 2.24) is 5.32 Å². The second-order valence-electron chi connectivity index (χ2n) is 5.30. The van der Waals surface area contributed by atoms with Gasteiger partial charge in [-0.2, -0.15) is 0 Å². The molecule has 0 atom stereocenters. The van der Waals surface area contributed by atoms with Crippen molar-refractivity contribution in [2.24, 2.45) is 0 Å². The molecule has 1 aromatic carbocycles. The zero-order chi connectivity index (χ0) is 14.0. The van der Waals surface area contributed by atoms with Crippen LogP contribution in [0.1, 0.15) is 24.0 Å². The Kier molecular flexibility index (Phi) is 4.16. The molecule has 1 saturated carbocycles. The number of rotatable bonds is 6. The van der Waals surface area contributed by atoms with Crippen LogP contribution in [0.3, 0.4) is 0 Å². The van der Waals surface area contributed by atoms with Gasteiger partial charge >= 0.3 is 0 Å². The van der Waals surface area contributed by atoms with Crippen molar-refractivity contribution in [2.75, 3.05) is 23.7 Å². The van der Waals surface area contributed by atoms with E-state index in [2.05, 4.69) is 5.32 Å². The number of hydrogen-bond acceptors (Lipinski definition) is 3. The van der Waals surface area contributed by atoms with E-state index < -0.39 is 10.0 Å². The fraction of sp³-hybridized carbons (Fsp3) is 0.571. The van der Waals surface area contributed by atoms with Crippen LogP contribution in [0.25, 0.3) is 0 Å². The summed E-state index contributed by atoms with van der Waals surface area (Å²) in [5, 5.41) is 3.24. The van der Waals surface area contributed by atoms with Crippen molar-refractivity contribution in [3.05, 3.63) is 29.3 Å². The molecule has 4 nitrogen and oxygen atoms in total. The molecular formula is C14H22N2O2S. The van der Waals surface area contributed by atoms with E-state index >= 15 is 0 Å². The standard InChI is InChI=1S/C14H22N2O2S/c1-11-4-7-14(12(2)10-11)16(3)19(17,18)9-8-15-13-5-6-13/h4,7,10,13,15H,5-6,8-9H2,1-3H3. The molecule has 1 aliphatic rings. The van der Waals surface area contributed by atoms with Crippen molar-refractivity contribution in [1.29, 1.82) is 0 Å². The second kappa shape index (κ2) is 5.51. The van der Waals surface area contributed by atoms with Crippen molar-refractivity contribution < 1.29 is 8.42 Å². The highest BCUT2D eigenvalue weighted by atomic mass is 32.2. The lowest BCUT2D eigenvalue weighted by Crippen LogP contribution is -2.34. The van der Waals surface area contributed by atoms with Gasteiger partial charge in [0, 0.05) is 19.6 Å². The average molecular weight is 282 g/mol. The zero-order valence-electron chi connectivity index (χ0n) is 11.8. The minimum absolute atomic E-state index is 0.146. The summed E-state index contributed by atoms with van der Waals surface area (Å²) in [7, 11) is -1.62. The molecule has 0 spiro atoms. The molecule has 1 aromatic rings. The molecule has 5 heteroatoms. The third-order valence-electron chi connectivity index (χ3n) is 3.48. The third kappa shape index (κ3) is 3.70. The number of benzene rings is 1. The van der Waals surface area contributed by atoms with Gasteiger partial charge in [0.05, 0.1) is 11.4 Å². The van der Waals surface area contributed by atoms with E-state index in [4.69, 9.17) is 0 Å². The first-order valence-electron chi connectivity index (χ1n) is 6.67. The van der Waals surface area contributed by atoms with Gasteiger partial charge in [-0.1, -0.05) is 17.7 Å². The maximum absolute atomic E-state index is 12.3. The van der Waals surface area contributed by atoms with Gasteiger partial charge in [0.1, 0.15) is 0 Å². The van der Waals surface area contributed by atoms with Crippen molar-refractivity contribution in [2.45, 2.75) is 32.7 Å². The first kappa shape index (κ1) is 14.3. The highest BCUT2D eigenvalue weighted by Crippen LogP contribution is 2.23. The molecule has 0 saturated heterocycles. The number of anilines is 1. The Balaban J connectivity index is 2.05. The predicted molar refractivity (Wildman–Crippen MR) is 79.1 cm³/mol. The summed E-state index contributed by atoms with van der Waals surface area (Å²) in [4.78, 5) is 0. The molecule has 0 amide bonds. The molecule has 1 fully saturated rings. The monoisotopic (exact) mass is 282 g/mol. The number of aryl methyl sites for hydroxylation is 2. The van der Waals surface area contributed by atoms with E-state index in [-0.39, 0.29) is 5.75 Å². The van der Waals surface area contributed by atoms with E-state index in [0.29, 0.717) is 12.6 Å². The highest BCUT2D eigenvalue weighted by molar-refractivity contribution is 7.92. The summed E-state index contributed by atoms with van der Waals surface area (Å²) in [5.74, 6) is 0.146. The van der Waals surface area contributed by atoms with E-state index in [9.17, 15) is 8.42 Å². The number of hydrogen-bond donors (Lipinski definition) is 1. The van der Waals surface area contributed by atoms with Crippen LogP contribution in [0, 0.1) is 13.8 Å². The van der Waals surface area contributed by atoms with Crippen LogP contribution in [0.2, 0.25) is 0 Å². The summed E-state index contributed by atoms with van der Waals surface area (Å²) in [6.07, 6.45) is 2.35. The van der Waals surface area contributed by atoms with Crippen LogP contribution < -0.4 is 9.62 Å². The van der Waals surface area contributed by atoms with E-state index in [1.165, 1.54) is 17.1 Å². The van der Waals surface area contributed by atoms with E-state index in [1.54, 1.807) is 7.05 Å². The molecule has 0 heterocycles. The fourth-order valence-electron chi connectivity index (χ4n) is 2.12. The number of nitrogens with zero attached hydrogens (tertiary/aromatic N) is 1. The first-order chi connectivity index (χ1) is 8.90. The summed E-state index contributed by atoms with van der Waals surface area (Å²) < 4.78 is 25.9. The molecule has 1 N–H and O–H groups in total. The van der Waals surface area contributed by atoms with Crippen LogP contribution in [-0.4, -0.2) is 33.8 Å². The SMILES string of the molecule is Cc1ccc(N(C)S(=O)(=O)CCNC2CC2)c(C)c1. The minimum atomic E-state index is -3.25. The van der Waals surface area contributed by atoms with Crippen LogP contribution in [-0.2, 0) is 10.0 Å². The maximum Gasteiger partial charge on any atom is 0.236 e. The largest absolute Gasteiger partial charge is 0.313 e.